The first-order chi connectivity index (χ1) is 8.65. The van der Waals surface area contributed by atoms with E-state index < -0.39 is 0 Å². The molecule has 2 aromatic carbocycles. The van der Waals surface area contributed by atoms with Gasteiger partial charge in [-0.15, -0.1) is 0 Å². The van der Waals surface area contributed by atoms with E-state index in [1.54, 1.807) is 12.1 Å². The summed E-state index contributed by atoms with van der Waals surface area (Å²) in [5, 5.41) is 19.4. The Hall–Kier alpha value is -1.96. The molecule has 0 amide bonds. The molecule has 0 aromatic heterocycles. The summed E-state index contributed by atoms with van der Waals surface area (Å²) in [6.45, 7) is 2.01. The summed E-state index contributed by atoms with van der Waals surface area (Å²) in [5.74, 6) is 0.629. The fraction of sp³-hybridized carbons (Fsp3) is 0.250. The number of rotatable bonds is 0. The molecule has 0 heterocycles. The van der Waals surface area contributed by atoms with E-state index in [-0.39, 0.29) is 0 Å². The maximum Gasteiger partial charge on any atom is 0.116 e. The molecule has 2 nitrogen and oxygen atoms in total. The van der Waals surface area contributed by atoms with Crippen molar-refractivity contribution in [3.63, 3.8) is 0 Å². The average Bonchev–Trinajstić information content (AvgIpc) is 2.47. The van der Waals surface area contributed by atoms with Crippen molar-refractivity contribution in [1.82, 2.24) is 0 Å². The third-order valence-electron chi connectivity index (χ3n) is 3.66. The highest BCUT2D eigenvalue weighted by Crippen LogP contribution is 2.38. The van der Waals surface area contributed by atoms with Gasteiger partial charge < -0.3 is 10.2 Å². The van der Waals surface area contributed by atoms with E-state index in [0.717, 1.165) is 30.4 Å². The van der Waals surface area contributed by atoms with Crippen LogP contribution in [0.4, 0.5) is 0 Å². The zero-order valence-corrected chi connectivity index (χ0v) is 10.4. The number of aryl methyl sites for hydroxylation is 3. The number of hydrogen-bond acceptors (Lipinski definition) is 2. The molecule has 0 fully saturated rings. The SMILES string of the molecule is Cc1cc(O)cc2c1-c1cc(O)ccc1CCC2. The van der Waals surface area contributed by atoms with Crippen LogP contribution in [0.5, 0.6) is 11.5 Å². The zero-order chi connectivity index (χ0) is 12.7. The third-order valence-corrected chi connectivity index (χ3v) is 3.66. The highest BCUT2D eigenvalue weighted by molar-refractivity contribution is 5.76. The molecule has 0 aliphatic heterocycles. The van der Waals surface area contributed by atoms with Gasteiger partial charge >= 0.3 is 0 Å². The van der Waals surface area contributed by atoms with Crippen LogP contribution in [0.1, 0.15) is 23.1 Å². The monoisotopic (exact) mass is 240 g/mol. The van der Waals surface area contributed by atoms with Crippen LogP contribution in [0.3, 0.4) is 0 Å². The topological polar surface area (TPSA) is 40.5 Å². The number of aromatic hydroxyl groups is 2. The van der Waals surface area contributed by atoms with Gasteiger partial charge in [0.2, 0.25) is 0 Å². The largest absolute Gasteiger partial charge is 0.508 e. The number of fused-ring (bicyclic) bond motifs is 3. The van der Waals surface area contributed by atoms with Crippen LogP contribution in [-0.2, 0) is 12.8 Å². The quantitative estimate of drug-likeness (QED) is 0.739. The van der Waals surface area contributed by atoms with Crippen molar-refractivity contribution >= 4 is 0 Å². The van der Waals surface area contributed by atoms with Gasteiger partial charge in [0.25, 0.3) is 0 Å². The minimum atomic E-state index is 0.300. The molecule has 0 saturated carbocycles. The van der Waals surface area contributed by atoms with Crippen LogP contribution < -0.4 is 0 Å². The second-order valence-electron chi connectivity index (χ2n) is 4.99. The van der Waals surface area contributed by atoms with Crippen LogP contribution in [0.15, 0.2) is 30.3 Å². The zero-order valence-electron chi connectivity index (χ0n) is 10.4. The standard InChI is InChI=1S/C16H16O2/c1-10-7-14(18)8-12-4-2-3-11-5-6-13(17)9-15(11)16(10)12/h5-9,17-18H,2-4H2,1H3. The molecule has 0 atom stereocenters. The Morgan fingerprint density at radius 2 is 1.67 bits per heavy atom. The van der Waals surface area contributed by atoms with Crippen LogP contribution in [0.2, 0.25) is 0 Å². The van der Waals surface area contributed by atoms with Gasteiger partial charge in [-0.3, -0.25) is 0 Å². The molecular weight excluding hydrogens is 224 g/mol. The van der Waals surface area contributed by atoms with Crippen molar-refractivity contribution in [2.75, 3.05) is 0 Å². The Balaban J connectivity index is 2.32. The Kier molecular flexibility index (Phi) is 2.51. The lowest BCUT2D eigenvalue weighted by Gasteiger charge is -2.13. The molecule has 18 heavy (non-hydrogen) atoms. The molecule has 3 rings (SSSR count). The maximum absolute atomic E-state index is 9.71. The van der Waals surface area contributed by atoms with Crippen molar-refractivity contribution < 1.29 is 10.2 Å². The van der Waals surface area contributed by atoms with E-state index in [9.17, 15) is 10.2 Å². The lowest BCUT2D eigenvalue weighted by Crippen LogP contribution is -1.91. The average molecular weight is 240 g/mol. The third kappa shape index (κ3) is 1.74. The fourth-order valence-corrected chi connectivity index (χ4v) is 2.91. The predicted octanol–water partition coefficient (Wildman–Crippen LogP) is 3.56. The van der Waals surface area contributed by atoms with Crippen molar-refractivity contribution in [1.29, 1.82) is 0 Å². The molecule has 1 aliphatic rings. The van der Waals surface area contributed by atoms with Crippen LogP contribution >= 0.6 is 0 Å². The molecule has 0 unspecified atom stereocenters. The summed E-state index contributed by atoms with van der Waals surface area (Å²) in [6.07, 6.45) is 3.07. The number of phenolic OH excluding ortho intramolecular Hbond substituents is 2. The van der Waals surface area contributed by atoms with Crippen molar-refractivity contribution in [2.24, 2.45) is 0 Å². The normalized spacial score (nSPS) is 13.6. The first kappa shape index (κ1) is 11.1. The van der Waals surface area contributed by atoms with Crippen LogP contribution in [0.25, 0.3) is 11.1 Å². The predicted molar refractivity (Wildman–Crippen MR) is 72.0 cm³/mol. The van der Waals surface area contributed by atoms with Crippen molar-refractivity contribution in [3.8, 4) is 22.6 Å². The van der Waals surface area contributed by atoms with Crippen LogP contribution in [-0.4, -0.2) is 10.2 Å². The second-order valence-corrected chi connectivity index (χ2v) is 4.99. The van der Waals surface area contributed by atoms with Gasteiger partial charge in [-0.2, -0.15) is 0 Å². The molecule has 0 bridgehead atoms. The van der Waals surface area contributed by atoms with Crippen molar-refractivity contribution in [3.05, 3.63) is 47.0 Å². The van der Waals surface area contributed by atoms with Gasteiger partial charge in [-0.25, -0.2) is 0 Å². The molecule has 0 radical (unpaired) electrons. The molecular formula is C16H16O2. The first-order valence-electron chi connectivity index (χ1n) is 6.30. The van der Waals surface area contributed by atoms with E-state index in [1.165, 1.54) is 16.7 Å². The Morgan fingerprint density at radius 1 is 0.889 bits per heavy atom. The van der Waals surface area contributed by atoms with Gasteiger partial charge in [0.15, 0.2) is 0 Å². The summed E-state index contributed by atoms with van der Waals surface area (Å²) in [7, 11) is 0. The van der Waals surface area contributed by atoms with Gasteiger partial charge in [-0.05, 0) is 78.3 Å². The summed E-state index contributed by atoms with van der Waals surface area (Å²) in [6, 6.07) is 9.23. The van der Waals surface area contributed by atoms with Gasteiger partial charge in [0.1, 0.15) is 11.5 Å². The summed E-state index contributed by atoms with van der Waals surface area (Å²) in [4.78, 5) is 0. The fourth-order valence-electron chi connectivity index (χ4n) is 2.91. The molecule has 0 saturated heterocycles. The Labute approximate surface area is 107 Å². The highest BCUT2D eigenvalue weighted by Gasteiger charge is 2.17. The Bertz CT molecular complexity index is 615. The summed E-state index contributed by atoms with van der Waals surface area (Å²) in [5.41, 5.74) is 5.81. The van der Waals surface area contributed by atoms with Crippen LogP contribution in [0, 0.1) is 6.92 Å². The minimum Gasteiger partial charge on any atom is -0.508 e. The number of hydrogen-bond donors (Lipinski definition) is 2. The highest BCUT2D eigenvalue weighted by atomic mass is 16.3. The molecule has 0 spiro atoms. The summed E-state index contributed by atoms with van der Waals surface area (Å²) >= 11 is 0. The maximum atomic E-state index is 9.71. The lowest BCUT2D eigenvalue weighted by atomic mass is 9.92. The molecule has 2 N–H and O–H groups in total. The molecule has 1 aliphatic carbocycles. The van der Waals surface area contributed by atoms with E-state index in [0.29, 0.717) is 11.5 Å². The Morgan fingerprint density at radius 3 is 2.50 bits per heavy atom. The molecule has 2 aromatic rings. The first-order valence-corrected chi connectivity index (χ1v) is 6.30. The van der Waals surface area contributed by atoms with E-state index in [1.807, 2.05) is 25.1 Å². The minimum absolute atomic E-state index is 0.300. The molecule has 2 heteroatoms. The smallest absolute Gasteiger partial charge is 0.116 e. The van der Waals surface area contributed by atoms with Gasteiger partial charge in [0.05, 0.1) is 0 Å². The van der Waals surface area contributed by atoms with Gasteiger partial charge in [0, 0.05) is 0 Å². The van der Waals surface area contributed by atoms with E-state index in [2.05, 4.69) is 0 Å². The van der Waals surface area contributed by atoms with Crippen molar-refractivity contribution in [2.45, 2.75) is 26.2 Å². The number of phenols is 2. The second kappa shape index (κ2) is 4.05. The summed E-state index contributed by atoms with van der Waals surface area (Å²) < 4.78 is 0. The van der Waals surface area contributed by atoms with E-state index >= 15 is 0 Å². The molecule has 92 valence electrons. The van der Waals surface area contributed by atoms with Gasteiger partial charge in [-0.1, -0.05) is 6.07 Å². The number of benzene rings is 2. The lowest BCUT2D eigenvalue weighted by molar-refractivity contribution is 0.474. The van der Waals surface area contributed by atoms with E-state index in [4.69, 9.17) is 0 Å².